The monoisotopic (exact) mass is 471 g/mol. The number of hydrogen-bond acceptors (Lipinski definition) is 4. The molecule has 1 atom stereocenters. The van der Waals surface area contributed by atoms with E-state index in [0.717, 1.165) is 11.3 Å². The lowest BCUT2D eigenvalue weighted by molar-refractivity contribution is 0.469. The lowest BCUT2D eigenvalue weighted by atomic mass is 10.1. The van der Waals surface area contributed by atoms with Crippen molar-refractivity contribution in [2.75, 3.05) is 23.7 Å². The number of nitriles is 1. The molecule has 29 heavy (non-hydrogen) atoms. The molecule has 2 aromatic carbocycles. The summed E-state index contributed by atoms with van der Waals surface area (Å²) in [4.78, 5) is 2.08. The summed E-state index contributed by atoms with van der Waals surface area (Å²) < 4.78 is 26.1. The molecule has 1 fully saturated rings. The summed E-state index contributed by atoms with van der Waals surface area (Å²) >= 11 is 18.8. The van der Waals surface area contributed by atoms with E-state index in [1.165, 1.54) is 4.31 Å². The fourth-order valence-corrected chi connectivity index (χ4v) is 5.19. The molecule has 1 saturated heterocycles. The molecule has 5 nitrogen and oxygen atoms in total. The Morgan fingerprint density at radius 1 is 1.17 bits per heavy atom. The van der Waals surface area contributed by atoms with Crippen LogP contribution in [0.25, 0.3) is 0 Å². The third-order valence-electron chi connectivity index (χ3n) is 5.08. The van der Waals surface area contributed by atoms with Gasteiger partial charge in [0.15, 0.2) is 0 Å². The number of benzene rings is 2. The minimum Gasteiger partial charge on any atom is -0.363 e. The first kappa shape index (κ1) is 22.2. The standard InChI is InChI=1S/C20H20Cl3N3O2S/c1-2-29(27,28)25-8-7-18(13-25)26(12-15-9-16(21)4-6-19(15)22)17-5-3-14(11-24)20(23)10-17/h3-6,9-10,18H,2,7-8,12-13H2,1H3/t18-/m0/s1. The molecule has 9 heteroatoms. The van der Waals surface area contributed by atoms with Crippen LogP contribution in [0, 0.1) is 11.3 Å². The highest BCUT2D eigenvalue weighted by Gasteiger charge is 2.34. The second-order valence-electron chi connectivity index (χ2n) is 6.84. The highest BCUT2D eigenvalue weighted by molar-refractivity contribution is 7.89. The molecular formula is C20H20Cl3N3O2S. The molecule has 0 aromatic heterocycles. The average molecular weight is 473 g/mol. The van der Waals surface area contributed by atoms with Crippen molar-refractivity contribution in [3.8, 4) is 6.07 Å². The smallest absolute Gasteiger partial charge is 0.213 e. The fraction of sp³-hybridized carbons (Fsp3) is 0.350. The molecule has 0 radical (unpaired) electrons. The number of halogens is 3. The van der Waals surface area contributed by atoms with Crippen LogP contribution >= 0.6 is 34.8 Å². The molecular weight excluding hydrogens is 453 g/mol. The van der Waals surface area contributed by atoms with Gasteiger partial charge in [-0.05, 0) is 55.3 Å². The molecule has 0 bridgehead atoms. The molecule has 3 rings (SSSR count). The Hall–Kier alpha value is -1.49. The van der Waals surface area contributed by atoms with Crippen molar-refractivity contribution in [1.29, 1.82) is 5.26 Å². The molecule has 0 unspecified atom stereocenters. The molecule has 1 heterocycles. The summed E-state index contributed by atoms with van der Waals surface area (Å²) in [5.74, 6) is 0.0720. The predicted octanol–water partition coefficient (Wildman–Crippen LogP) is 4.95. The third-order valence-corrected chi connectivity index (χ3v) is 7.84. The second kappa shape index (κ2) is 9.11. The van der Waals surface area contributed by atoms with Crippen LogP contribution in [0.5, 0.6) is 0 Å². The van der Waals surface area contributed by atoms with Crippen LogP contribution in [0.2, 0.25) is 15.1 Å². The first-order chi connectivity index (χ1) is 13.7. The van der Waals surface area contributed by atoms with E-state index in [1.54, 1.807) is 37.3 Å². The molecule has 154 valence electrons. The number of rotatable bonds is 6. The van der Waals surface area contributed by atoms with Gasteiger partial charge in [-0.15, -0.1) is 0 Å². The average Bonchev–Trinajstić information content (AvgIpc) is 3.19. The van der Waals surface area contributed by atoms with Crippen molar-refractivity contribution in [2.24, 2.45) is 0 Å². The zero-order valence-corrected chi connectivity index (χ0v) is 18.9. The Labute approximate surface area is 186 Å². The van der Waals surface area contributed by atoms with Crippen LogP contribution in [0.1, 0.15) is 24.5 Å². The summed E-state index contributed by atoms with van der Waals surface area (Å²) in [5.41, 5.74) is 2.01. The van der Waals surface area contributed by atoms with Crippen LogP contribution in [0.15, 0.2) is 36.4 Å². The van der Waals surface area contributed by atoms with Gasteiger partial charge in [0, 0.05) is 41.4 Å². The molecule has 0 N–H and O–H groups in total. The van der Waals surface area contributed by atoms with E-state index in [-0.39, 0.29) is 11.8 Å². The predicted molar refractivity (Wildman–Crippen MR) is 118 cm³/mol. The molecule has 1 aliphatic rings. The van der Waals surface area contributed by atoms with E-state index >= 15 is 0 Å². The topological polar surface area (TPSA) is 64.4 Å². The fourth-order valence-electron chi connectivity index (χ4n) is 3.45. The van der Waals surface area contributed by atoms with Gasteiger partial charge >= 0.3 is 0 Å². The number of sulfonamides is 1. The number of hydrogen-bond donors (Lipinski definition) is 0. The van der Waals surface area contributed by atoms with Crippen molar-refractivity contribution in [3.05, 3.63) is 62.6 Å². The highest BCUT2D eigenvalue weighted by atomic mass is 35.5. The number of anilines is 1. The van der Waals surface area contributed by atoms with E-state index in [4.69, 9.17) is 40.1 Å². The normalized spacial score (nSPS) is 17.3. The first-order valence-electron chi connectivity index (χ1n) is 9.13. The summed E-state index contributed by atoms with van der Waals surface area (Å²) in [6.07, 6.45) is 0.676. The van der Waals surface area contributed by atoms with E-state index < -0.39 is 10.0 Å². The molecule has 0 amide bonds. The Balaban J connectivity index is 1.97. The zero-order valence-electron chi connectivity index (χ0n) is 15.8. The summed E-state index contributed by atoms with van der Waals surface area (Å²) in [6.45, 7) is 2.93. The molecule has 2 aromatic rings. The van der Waals surface area contributed by atoms with E-state index in [1.807, 2.05) is 6.07 Å². The summed E-state index contributed by atoms with van der Waals surface area (Å²) in [5, 5.41) is 10.7. The van der Waals surface area contributed by atoms with Gasteiger partial charge in [-0.3, -0.25) is 0 Å². The molecule has 0 aliphatic carbocycles. The summed E-state index contributed by atoms with van der Waals surface area (Å²) in [6, 6.07) is 12.5. The Morgan fingerprint density at radius 3 is 2.59 bits per heavy atom. The summed E-state index contributed by atoms with van der Waals surface area (Å²) in [7, 11) is -3.26. The number of nitrogens with zero attached hydrogens (tertiary/aromatic N) is 3. The molecule has 0 spiro atoms. The Morgan fingerprint density at radius 2 is 1.93 bits per heavy atom. The van der Waals surface area contributed by atoms with Crippen LogP contribution in [0.3, 0.4) is 0 Å². The molecule has 1 aliphatic heterocycles. The van der Waals surface area contributed by atoms with Gasteiger partial charge in [0.1, 0.15) is 6.07 Å². The minimum atomic E-state index is -3.26. The maximum absolute atomic E-state index is 12.3. The van der Waals surface area contributed by atoms with Crippen LogP contribution in [0.4, 0.5) is 5.69 Å². The highest BCUT2D eigenvalue weighted by Crippen LogP contribution is 2.32. The lowest BCUT2D eigenvalue weighted by Crippen LogP contribution is -2.39. The van der Waals surface area contributed by atoms with Crippen LogP contribution in [-0.4, -0.2) is 37.6 Å². The second-order valence-corrected chi connectivity index (χ2v) is 10.3. The lowest BCUT2D eigenvalue weighted by Gasteiger charge is -2.32. The van der Waals surface area contributed by atoms with Gasteiger partial charge < -0.3 is 4.90 Å². The first-order valence-corrected chi connectivity index (χ1v) is 11.9. The Kier molecular flexibility index (Phi) is 6.98. The third kappa shape index (κ3) is 4.99. The van der Waals surface area contributed by atoms with E-state index in [2.05, 4.69) is 11.0 Å². The largest absolute Gasteiger partial charge is 0.363 e. The van der Waals surface area contributed by atoms with Crippen molar-refractivity contribution in [1.82, 2.24) is 4.31 Å². The van der Waals surface area contributed by atoms with Crippen LogP contribution < -0.4 is 4.90 Å². The van der Waals surface area contributed by atoms with Crippen LogP contribution in [-0.2, 0) is 16.6 Å². The van der Waals surface area contributed by atoms with Gasteiger partial charge in [-0.2, -0.15) is 9.57 Å². The zero-order chi connectivity index (χ0) is 21.2. The van der Waals surface area contributed by atoms with Crippen molar-refractivity contribution >= 4 is 50.5 Å². The van der Waals surface area contributed by atoms with E-state index in [9.17, 15) is 8.42 Å². The van der Waals surface area contributed by atoms with Crippen molar-refractivity contribution in [3.63, 3.8) is 0 Å². The maximum atomic E-state index is 12.3. The SMILES string of the molecule is CCS(=O)(=O)N1CC[C@H](N(Cc2cc(Cl)ccc2Cl)c2ccc(C#N)c(Cl)c2)C1. The van der Waals surface area contributed by atoms with Gasteiger partial charge in [0.2, 0.25) is 10.0 Å². The van der Waals surface area contributed by atoms with Crippen molar-refractivity contribution in [2.45, 2.75) is 25.9 Å². The van der Waals surface area contributed by atoms with Gasteiger partial charge in [0.05, 0.1) is 16.3 Å². The van der Waals surface area contributed by atoms with Crippen molar-refractivity contribution < 1.29 is 8.42 Å². The molecule has 0 saturated carbocycles. The van der Waals surface area contributed by atoms with Gasteiger partial charge in [0.25, 0.3) is 0 Å². The maximum Gasteiger partial charge on any atom is 0.213 e. The van der Waals surface area contributed by atoms with Gasteiger partial charge in [-0.25, -0.2) is 8.42 Å². The quantitative estimate of drug-likeness (QED) is 0.597. The van der Waals surface area contributed by atoms with E-state index in [0.29, 0.717) is 46.7 Å². The Bertz CT molecular complexity index is 1050. The van der Waals surface area contributed by atoms with Gasteiger partial charge in [-0.1, -0.05) is 34.8 Å². The minimum absolute atomic E-state index is 0.0598.